The Kier molecular flexibility index (Phi) is 8.44. The number of amides is 1. The topological polar surface area (TPSA) is 86.1 Å². The lowest BCUT2D eigenvalue weighted by Crippen LogP contribution is -2.25. The fourth-order valence-corrected chi connectivity index (χ4v) is 4.04. The average molecular weight is 453 g/mol. The van der Waals surface area contributed by atoms with Crippen molar-refractivity contribution in [3.05, 3.63) is 71.0 Å². The molecule has 0 aliphatic carbocycles. The highest BCUT2D eigenvalue weighted by atomic mass is 32.2. The summed E-state index contributed by atoms with van der Waals surface area (Å²) in [5.74, 6) is 0.785. The molecular weight excluding hydrogens is 424 g/mol. The molecule has 1 heterocycles. The van der Waals surface area contributed by atoms with Crippen molar-refractivity contribution in [2.75, 3.05) is 6.61 Å². The summed E-state index contributed by atoms with van der Waals surface area (Å²) in [5.41, 5.74) is 4.52. The van der Waals surface area contributed by atoms with Gasteiger partial charge in [0.1, 0.15) is 0 Å². The molecule has 0 aliphatic heterocycles. The fraction of sp³-hybridized carbons (Fsp3) is 0.333. The largest absolute Gasteiger partial charge is 0.466 e. The summed E-state index contributed by atoms with van der Waals surface area (Å²) >= 11 is 1.60. The maximum absolute atomic E-state index is 12.2. The molecule has 2 aromatic carbocycles. The van der Waals surface area contributed by atoms with Crippen molar-refractivity contribution < 1.29 is 14.3 Å². The number of aromatic nitrogens is 3. The minimum absolute atomic E-state index is 0.0575. The van der Waals surface area contributed by atoms with E-state index in [1.165, 1.54) is 11.1 Å². The minimum atomic E-state index is -0.375. The Balaban J connectivity index is 1.73. The summed E-state index contributed by atoms with van der Waals surface area (Å²) in [6, 6.07) is 16.5. The second-order valence-corrected chi connectivity index (χ2v) is 8.37. The van der Waals surface area contributed by atoms with E-state index in [2.05, 4.69) is 40.6 Å². The second kappa shape index (κ2) is 11.5. The number of ether oxygens (including phenoxy) is 1. The molecule has 3 rings (SSSR count). The highest BCUT2D eigenvalue weighted by molar-refractivity contribution is 7.98. The van der Waals surface area contributed by atoms with Gasteiger partial charge in [0.05, 0.1) is 19.6 Å². The van der Waals surface area contributed by atoms with E-state index in [1.54, 1.807) is 18.7 Å². The van der Waals surface area contributed by atoms with Crippen LogP contribution in [-0.2, 0) is 26.6 Å². The number of benzene rings is 2. The molecule has 7 nitrogen and oxygen atoms in total. The molecule has 0 unspecified atom stereocenters. The normalized spacial score (nSPS) is 10.7. The lowest BCUT2D eigenvalue weighted by molar-refractivity contribution is -0.144. The Labute approximate surface area is 192 Å². The van der Waals surface area contributed by atoms with Crippen LogP contribution in [0.5, 0.6) is 0 Å². The third-order valence-electron chi connectivity index (χ3n) is 4.75. The van der Waals surface area contributed by atoms with Gasteiger partial charge in [0.2, 0.25) is 5.91 Å². The Bertz CT molecular complexity index is 1060. The molecule has 1 aromatic heterocycles. The summed E-state index contributed by atoms with van der Waals surface area (Å²) in [6.07, 6.45) is 0.133. The van der Waals surface area contributed by atoms with Crippen LogP contribution >= 0.6 is 11.8 Å². The lowest BCUT2D eigenvalue weighted by atomic mass is 10.2. The summed E-state index contributed by atoms with van der Waals surface area (Å²) < 4.78 is 6.83. The molecule has 32 heavy (non-hydrogen) atoms. The summed E-state index contributed by atoms with van der Waals surface area (Å²) in [6.45, 7) is 6.38. The highest BCUT2D eigenvalue weighted by Crippen LogP contribution is 2.26. The fourth-order valence-electron chi connectivity index (χ4n) is 3.13. The van der Waals surface area contributed by atoms with Gasteiger partial charge < -0.3 is 10.1 Å². The number of rotatable bonds is 10. The smallest absolute Gasteiger partial charge is 0.306 e. The lowest BCUT2D eigenvalue weighted by Gasteiger charge is -2.11. The van der Waals surface area contributed by atoms with Crippen molar-refractivity contribution in [2.45, 2.75) is 51.1 Å². The summed E-state index contributed by atoms with van der Waals surface area (Å²) in [4.78, 5) is 23.7. The van der Waals surface area contributed by atoms with E-state index >= 15 is 0 Å². The van der Waals surface area contributed by atoms with Crippen molar-refractivity contribution in [3.63, 3.8) is 0 Å². The van der Waals surface area contributed by atoms with Gasteiger partial charge >= 0.3 is 5.97 Å². The molecule has 0 saturated heterocycles. The van der Waals surface area contributed by atoms with Crippen LogP contribution in [0.3, 0.4) is 0 Å². The molecule has 0 aliphatic rings. The number of esters is 1. The number of hydrogen-bond donors (Lipinski definition) is 1. The van der Waals surface area contributed by atoms with Gasteiger partial charge in [-0.1, -0.05) is 59.3 Å². The average Bonchev–Trinajstić information content (AvgIpc) is 3.18. The van der Waals surface area contributed by atoms with Crippen LogP contribution in [0, 0.1) is 13.8 Å². The van der Waals surface area contributed by atoms with Crippen molar-refractivity contribution in [2.24, 2.45) is 0 Å². The first kappa shape index (κ1) is 23.5. The molecule has 0 fully saturated rings. The molecule has 168 valence electrons. The number of thioether (sulfide) groups is 1. The maximum Gasteiger partial charge on any atom is 0.306 e. The number of hydrogen-bond acceptors (Lipinski definition) is 6. The molecule has 0 radical (unpaired) electrons. The zero-order valence-electron chi connectivity index (χ0n) is 18.6. The van der Waals surface area contributed by atoms with Gasteiger partial charge in [-0.2, -0.15) is 0 Å². The minimum Gasteiger partial charge on any atom is -0.466 e. The molecule has 0 saturated carbocycles. The zero-order chi connectivity index (χ0) is 22.9. The zero-order valence-corrected chi connectivity index (χ0v) is 19.4. The number of nitrogens with zero attached hydrogens (tertiary/aromatic N) is 3. The predicted octanol–water partition coefficient (Wildman–Crippen LogP) is 4.14. The number of nitrogens with one attached hydrogen (secondary N) is 1. The Hall–Kier alpha value is -3.13. The van der Waals surface area contributed by atoms with Crippen molar-refractivity contribution >= 4 is 23.6 Å². The van der Waals surface area contributed by atoms with Crippen LogP contribution in [0.2, 0.25) is 0 Å². The highest BCUT2D eigenvalue weighted by Gasteiger charge is 2.16. The monoisotopic (exact) mass is 452 g/mol. The van der Waals surface area contributed by atoms with Crippen molar-refractivity contribution in [1.82, 2.24) is 20.1 Å². The number of aryl methyl sites for hydroxylation is 2. The molecular formula is C24H28N4O3S. The van der Waals surface area contributed by atoms with Crippen LogP contribution in [0.25, 0.3) is 5.69 Å². The standard InChI is InChI=1S/C24H28N4O3S/c1-4-31-23(30)13-12-22(29)25-15-21-26-27-24(28(21)20-10-8-17(2)9-11-20)32-16-19-7-5-6-18(3)14-19/h5-11,14H,4,12-13,15-16H2,1-3H3,(H,25,29). The van der Waals surface area contributed by atoms with E-state index in [0.29, 0.717) is 12.4 Å². The molecule has 0 spiro atoms. The third kappa shape index (κ3) is 6.68. The van der Waals surface area contributed by atoms with Gasteiger partial charge in [-0.3, -0.25) is 14.2 Å². The Morgan fingerprint density at radius 3 is 2.53 bits per heavy atom. The maximum atomic E-state index is 12.2. The molecule has 0 bridgehead atoms. The van der Waals surface area contributed by atoms with Gasteiger partial charge in [-0.05, 0) is 38.5 Å². The van der Waals surface area contributed by atoms with Crippen LogP contribution in [-0.4, -0.2) is 33.2 Å². The number of carbonyl (C=O) groups is 2. The first-order valence-electron chi connectivity index (χ1n) is 10.6. The quantitative estimate of drug-likeness (QED) is 0.368. The van der Waals surface area contributed by atoms with Crippen molar-refractivity contribution in [1.29, 1.82) is 0 Å². The van der Waals surface area contributed by atoms with E-state index in [0.717, 1.165) is 22.2 Å². The third-order valence-corrected chi connectivity index (χ3v) is 5.75. The van der Waals surface area contributed by atoms with Gasteiger partial charge in [-0.25, -0.2) is 0 Å². The van der Waals surface area contributed by atoms with Crippen molar-refractivity contribution in [3.8, 4) is 5.69 Å². The molecule has 0 atom stereocenters. The van der Waals surface area contributed by atoms with Crippen LogP contribution in [0.1, 0.15) is 42.3 Å². The van der Waals surface area contributed by atoms with Crippen LogP contribution < -0.4 is 5.32 Å². The Morgan fingerprint density at radius 2 is 1.81 bits per heavy atom. The van der Waals surface area contributed by atoms with E-state index in [1.807, 2.05) is 41.8 Å². The van der Waals surface area contributed by atoms with Crippen LogP contribution in [0.15, 0.2) is 53.7 Å². The van der Waals surface area contributed by atoms with E-state index in [4.69, 9.17) is 4.74 Å². The van der Waals surface area contributed by atoms with Gasteiger partial charge in [-0.15, -0.1) is 10.2 Å². The summed E-state index contributed by atoms with van der Waals surface area (Å²) in [7, 11) is 0. The first-order chi connectivity index (χ1) is 15.5. The summed E-state index contributed by atoms with van der Waals surface area (Å²) in [5, 5.41) is 12.3. The van der Waals surface area contributed by atoms with Crippen LogP contribution in [0.4, 0.5) is 0 Å². The predicted molar refractivity (Wildman–Crippen MR) is 125 cm³/mol. The van der Waals surface area contributed by atoms with Gasteiger partial charge in [0.25, 0.3) is 0 Å². The van der Waals surface area contributed by atoms with E-state index in [9.17, 15) is 9.59 Å². The molecule has 8 heteroatoms. The van der Waals surface area contributed by atoms with E-state index < -0.39 is 0 Å². The first-order valence-corrected chi connectivity index (χ1v) is 11.6. The van der Waals surface area contributed by atoms with Gasteiger partial charge in [0, 0.05) is 17.9 Å². The molecule has 3 aromatic rings. The Morgan fingerprint density at radius 1 is 1.03 bits per heavy atom. The number of carbonyl (C=O) groups excluding carboxylic acids is 2. The van der Waals surface area contributed by atoms with E-state index in [-0.39, 0.29) is 31.3 Å². The molecule has 1 amide bonds. The molecule has 1 N–H and O–H groups in total. The second-order valence-electron chi connectivity index (χ2n) is 7.43. The SMILES string of the molecule is CCOC(=O)CCC(=O)NCc1nnc(SCc2cccc(C)c2)n1-c1ccc(C)cc1. The van der Waals surface area contributed by atoms with Gasteiger partial charge in [0.15, 0.2) is 11.0 Å².